The second kappa shape index (κ2) is 6.96. The van der Waals surface area contributed by atoms with E-state index in [4.69, 9.17) is 23.2 Å². The van der Waals surface area contributed by atoms with Gasteiger partial charge in [-0.3, -0.25) is 0 Å². The van der Waals surface area contributed by atoms with Gasteiger partial charge in [0.2, 0.25) is 10.0 Å². The van der Waals surface area contributed by atoms with Crippen molar-refractivity contribution in [2.45, 2.75) is 25.2 Å². The van der Waals surface area contributed by atoms with Crippen molar-refractivity contribution in [2.75, 3.05) is 6.54 Å². The van der Waals surface area contributed by atoms with E-state index in [0.29, 0.717) is 22.1 Å². The van der Waals surface area contributed by atoms with Gasteiger partial charge in [-0.1, -0.05) is 29.3 Å². The minimum atomic E-state index is -3.55. The first kappa shape index (κ1) is 18.2. The minimum Gasteiger partial charge on any atom is -0.304 e. The Morgan fingerprint density at radius 2 is 1.88 bits per heavy atom. The molecule has 25 heavy (non-hydrogen) atoms. The molecule has 0 fully saturated rings. The van der Waals surface area contributed by atoms with Crippen molar-refractivity contribution in [3.05, 3.63) is 63.5 Å². The van der Waals surface area contributed by atoms with E-state index in [-0.39, 0.29) is 11.4 Å². The Labute approximate surface area is 156 Å². The summed E-state index contributed by atoms with van der Waals surface area (Å²) in [6.45, 7) is 4.07. The molecule has 0 saturated heterocycles. The highest BCUT2D eigenvalue weighted by Gasteiger charge is 2.14. The standard InChI is InChI=1S/C17H17Cl2N3O2S/c1-11-3-4-15(7-12(11)2)25(23,24)20-6-5-14-10-22-9-13(18)8-16(19)17(22)21-14/h3-4,7-10,20H,5-6H2,1-2H3. The number of halogens is 2. The summed E-state index contributed by atoms with van der Waals surface area (Å²) in [5.74, 6) is 0. The molecule has 3 rings (SSSR count). The zero-order chi connectivity index (χ0) is 18.2. The van der Waals surface area contributed by atoms with Crippen molar-refractivity contribution in [3.63, 3.8) is 0 Å². The molecule has 0 amide bonds. The van der Waals surface area contributed by atoms with Gasteiger partial charge in [-0.2, -0.15) is 0 Å². The molecule has 0 saturated carbocycles. The predicted molar refractivity (Wildman–Crippen MR) is 100 cm³/mol. The van der Waals surface area contributed by atoms with Crippen molar-refractivity contribution in [3.8, 4) is 0 Å². The van der Waals surface area contributed by atoms with Crippen molar-refractivity contribution < 1.29 is 8.42 Å². The first-order valence-electron chi connectivity index (χ1n) is 7.66. The smallest absolute Gasteiger partial charge is 0.240 e. The lowest BCUT2D eigenvalue weighted by molar-refractivity contribution is 0.581. The van der Waals surface area contributed by atoms with Gasteiger partial charge in [0.25, 0.3) is 0 Å². The molecular weight excluding hydrogens is 381 g/mol. The van der Waals surface area contributed by atoms with Crippen LogP contribution in [-0.2, 0) is 16.4 Å². The van der Waals surface area contributed by atoms with Crippen LogP contribution in [0.25, 0.3) is 5.65 Å². The van der Waals surface area contributed by atoms with Crippen LogP contribution in [0.4, 0.5) is 0 Å². The first-order valence-corrected chi connectivity index (χ1v) is 9.90. The number of fused-ring (bicyclic) bond motifs is 1. The summed E-state index contributed by atoms with van der Waals surface area (Å²) in [6, 6.07) is 6.71. The van der Waals surface area contributed by atoms with Crippen LogP contribution in [0, 0.1) is 13.8 Å². The van der Waals surface area contributed by atoms with Gasteiger partial charge < -0.3 is 4.40 Å². The Morgan fingerprint density at radius 1 is 1.12 bits per heavy atom. The molecule has 0 aliphatic rings. The maximum absolute atomic E-state index is 12.4. The summed E-state index contributed by atoms with van der Waals surface area (Å²) in [6.07, 6.45) is 3.94. The maximum Gasteiger partial charge on any atom is 0.240 e. The summed E-state index contributed by atoms with van der Waals surface area (Å²) in [5, 5.41) is 0.964. The molecule has 0 aliphatic heterocycles. The van der Waals surface area contributed by atoms with Gasteiger partial charge in [0.05, 0.1) is 20.6 Å². The van der Waals surface area contributed by atoms with Crippen LogP contribution in [0.2, 0.25) is 10.0 Å². The van der Waals surface area contributed by atoms with E-state index in [1.807, 2.05) is 13.8 Å². The molecule has 3 aromatic rings. The molecule has 132 valence electrons. The topological polar surface area (TPSA) is 63.5 Å². The van der Waals surface area contributed by atoms with E-state index in [1.165, 1.54) is 0 Å². The molecule has 0 spiro atoms. The highest BCUT2D eigenvalue weighted by molar-refractivity contribution is 7.89. The van der Waals surface area contributed by atoms with E-state index >= 15 is 0 Å². The van der Waals surface area contributed by atoms with Crippen LogP contribution >= 0.6 is 23.2 Å². The molecule has 0 atom stereocenters. The van der Waals surface area contributed by atoms with Gasteiger partial charge in [0.1, 0.15) is 0 Å². The molecule has 2 heterocycles. The van der Waals surface area contributed by atoms with E-state index in [2.05, 4.69) is 9.71 Å². The van der Waals surface area contributed by atoms with E-state index < -0.39 is 10.0 Å². The van der Waals surface area contributed by atoms with Crippen LogP contribution in [0.3, 0.4) is 0 Å². The Kier molecular flexibility index (Phi) is 5.06. The second-order valence-electron chi connectivity index (χ2n) is 5.86. The molecule has 1 N–H and O–H groups in total. The third-order valence-corrected chi connectivity index (χ3v) is 5.93. The predicted octanol–water partition coefficient (Wildman–Crippen LogP) is 3.78. The number of nitrogens with zero attached hydrogens (tertiary/aromatic N) is 2. The largest absolute Gasteiger partial charge is 0.304 e. The van der Waals surface area contributed by atoms with Crippen molar-refractivity contribution >= 4 is 38.9 Å². The van der Waals surface area contributed by atoms with Crippen molar-refractivity contribution in [2.24, 2.45) is 0 Å². The molecule has 0 bridgehead atoms. The second-order valence-corrected chi connectivity index (χ2v) is 8.47. The molecule has 1 aromatic carbocycles. The number of sulfonamides is 1. The number of benzene rings is 1. The summed E-state index contributed by atoms with van der Waals surface area (Å²) in [4.78, 5) is 4.67. The van der Waals surface area contributed by atoms with E-state index in [1.54, 1.807) is 41.1 Å². The van der Waals surface area contributed by atoms with Gasteiger partial charge >= 0.3 is 0 Å². The third-order valence-electron chi connectivity index (χ3n) is 3.98. The number of hydrogen-bond donors (Lipinski definition) is 1. The Balaban J connectivity index is 1.71. The number of aryl methyl sites for hydroxylation is 2. The van der Waals surface area contributed by atoms with Crippen LogP contribution in [-0.4, -0.2) is 24.3 Å². The Bertz CT molecular complexity index is 1050. The quantitative estimate of drug-likeness (QED) is 0.712. The van der Waals surface area contributed by atoms with Crippen molar-refractivity contribution in [1.29, 1.82) is 0 Å². The normalized spacial score (nSPS) is 12.0. The van der Waals surface area contributed by atoms with Gasteiger partial charge in [-0.15, -0.1) is 0 Å². The maximum atomic E-state index is 12.4. The highest BCUT2D eigenvalue weighted by Crippen LogP contribution is 2.22. The monoisotopic (exact) mass is 397 g/mol. The third kappa shape index (κ3) is 3.98. The lowest BCUT2D eigenvalue weighted by Gasteiger charge is -2.08. The molecule has 0 unspecified atom stereocenters. The number of rotatable bonds is 5. The highest BCUT2D eigenvalue weighted by atomic mass is 35.5. The van der Waals surface area contributed by atoms with Gasteiger partial charge in [-0.05, 0) is 43.2 Å². The molecule has 2 aromatic heterocycles. The SMILES string of the molecule is Cc1ccc(S(=O)(=O)NCCc2cn3cc(Cl)cc(Cl)c3n2)cc1C. The molecular formula is C17H17Cl2N3O2S. The van der Waals surface area contributed by atoms with Crippen LogP contribution in [0.15, 0.2) is 41.6 Å². The fourth-order valence-corrected chi connectivity index (χ4v) is 4.12. The number of pyridine rings is 1. The van der Waals surface area contributed by atoms with Crippen LogP contribution < -0.4 is 4.72 Å². The van der Waals surface area contributed by atoms with Gasteiger partial charge in [0.15, 0.2) is 5.65 Å². The minimum absolute atomic E-state index is 0.241. The average molecular weight is 398 g/mol. The Hall–Kier alpha value is -1.60. The first-order chi connectivity index (χ1) is 11.8. The summed E-state index contributed by atoms with van der Waals surface area (Å²) in [7, 11) is -3.55. The molecule has 8 heteroatoms. The zero-order valence-corrected chi connectivity index (χ0v) is 16.1. The number of imidazole rings is 1. The van der Waals surface area contributed by atoms with Crippen molar-refractivity contribution in [1.82, 2.24) is 14.1 Å². The van der Waals surface area contributed by atoms with Crippen LogP contribution in [0.5, 0.6) is 0 Å². The average Bonchev–Trinajstić information content (AvgIpc) is 2.92. The fourth-order valence-electron chi connectivity index (χ4n) is 2.47. The number of aromatic nitrogens is 2. The number of hydrogen-bond acceptors (Lipinski definition) is 3. The van der Waals surface area contributed by atoms with Crippen LogP contribution in [0.1, 0.15) is 16.8 Å². The Morgan fingerprint density at radius 3 is 2.60 bits per heavy atom. The zero-order valence-electron chi connectivity index (χ0n) is 13.8. The van der Waals surface area contributed by atoms with E-state index in [9.17, 15) is 8.42 Å². The van der Waals surface area contributed by atoms with E-state index in [0.717, 1.165) is 16.8 Å². The molecule has 5 nitrogen and oxygen atoms in total. The van der Waals surface area contributed by atoms with Gasteiger partial charge in [0, 0.05) is 25.4 Å². The molecule has 0 radical (unpaired) electrons. The number of nitrogens with one attached hydrogen (secondary N) is 1. The van der Waals surface area contributed by atoms with Gasteiger partial charge in [-0.25, -0.2) is 18.1 Å². The fraction of sp³-hybridized carbons (Fsp3) is 0.235. The molecule has 0 aliphatic carbocycles. The lowest BCUT2D eigenvalue weighted by Crippen LogP contribution is -2.26. The lowest BCUT2D eigenvalue weighted by atomic mass is 10.1. The summed E-state index contributed by atoms with van der Waals surface area (Å²) >= 11 is 12.1. The summed E-state index contributed by atoms with van der Waals surface area (Å²) in [5.41, 5.74) is 3.32. The summed E-state index contributed by atoms with van der Waals surface area (Å²) < 4.78 is 29.1.